The van der Waals surface area contributed by atoms with Gasteiger partial charge in [0.25, 0.3) is 5.91 Å². The van der Waals surface area contributed by atoms with Crippen LogP contribution in [0.5, 0.6) is 0 Å². The molecule has 29 heavy (non-hydrogen) atoms. The number of hydrogen-bond acceptors (Lipinski definition) is 4. The van der Waals surface area contributed by atoms with E-state index in [1.54, 1.807) is 29.1 Å². The fraction of sp³-hybridized carbons (Fsp3) is 0.333. The molecule has 0 bridgehead atoms. The Labute approximate surface area is 173 Å². The van der Waals surface area contributed by atoms with Crippen molar-refractivity contribution in [2.75, 3.05) is 18.4 Å². The number of likely N-dealkylation sites (tertiary alicyclic amines) is 1. The third-order valence-corrected chi connectivity index (χ3v) is 5.20. The fourth-order valence-electron chi connectivity index (χ4n) is 3.43. The van der Waals surface area contributed by atoms with Crippen LogP contribution >= 0.6 is 11.6 Å². The topological polar surface area (TPSA) is 63.3 Å². The SMILES string of the molecule is O=C(Nc1nn(Cc2ccc(F)cc2)cc1Cl)c1ccc(CN2CCCCC2)o1. The van der Waals surface area contributed by atoms with Gasteiger partial charge in [-0.15, -0.1) is 0 Å². The molecular weight excluding hydrogens is 395 g/mol. The van der Waals surface area contributed by atoms with Crippen molar-refractivity contribution in [2.45, 2.75) is 32.4 Å². The van der Waals surface area contributed by atoms with E-state index in [-0.39, 0.29) is 17.4 Å². The Morgan fingerprint density at radius 3 is 2.62 bits per heavy atom. The normalized spacial score (nSPS) is 14.8. The number of nitrogens with one attached hydrogen (secondary N) is 1. The summed E-state index contributed by atoms with van der Waals surface area (Å²) in [4.78, 5) is 14.8. The van der Waals surface area contributed by atoms with Gasteiger partial charge in [0.15, 0.2) is 11.6 Å². The Hall–Kier alpha value is -2.64. The van der Waals surface area contributed by atoms with Crippen molar-refractivity contribution in [3.05, 3.63) is 70.5 Å². The van der Waals surface area contributed by atoms with E-state index in [9.17, 15) is 9.18 Å². The summed E-state index contributed by atoms with van der Waals surface area (Å²) in [5.41, 5.74) is 0.872. The van der Waals surface area contributed by atoms with Crippen molar-refractivity contribution < 1.29 is 13.6 Å². The van der Waals surface area contributed by atoms with Gasteiger partial charge in [0.1, 0.15) is 16.6 Å². The number of halogens is 2. The van der Waals surface area contributed by atoms with E-state index in [2.05, 4.69) is 15.3 Å². The summed E-state index contributed by atoms with van der Waals surface area (Å²) in [5.74, 6) is 0.557. The summed E-state index contributed by atoms with van der Waals surface area (Å²) < 4.78 is 20.3. The summed E-state index contributed by atoms with van der Waals surface area (Å²) in [6.07, 6.45) is 5.29. The molecule has 0 saturated carbocycles. The van der Waals surface area contributed by atoms with Gasteiger partial charge in [-0.2, -0.15) is 5.10 Å². The van der Waals surface area contributed by atoms with Gasteiger partial charge in [-0.05, 0) is 55.8 Å². The second kappa shape index (κ2) is 8.80. The zero-order chi connectivity index (χ0) is 20.2. The smallest absolute Gasteiger partial charge is 0.292 e. The molecule has 1 N–H and O–H groups in total. The van der Waals surface area contributed by atoms with Crippen molar-refractivity contribution in [1.29, 1.82) is 0 Å². The van der Waals surface area contributed by atoms with Gasteiger partial charge in [-0.3, -0.25) is 14.4 Å². The first-order valence-electron chi connectivity index (χ1n) is 9.66. The molecule has 0 spiro atoms. The number of nitrogens with zero attached hydrogens (tertiary/aromatic N) is 3. The molecule has 3 heterocycles. The van der Waals surface area contributed by atoms with Crippen LogP contribution < -0.4 is 5.32 Å². The van der Waals surface area contributed by atoms with Gasteiger partial charge < -0.3 is 9.73 Å². The molecule has 2 aromatic heterocycles. The first kappa shape index (κ1) is 19.7. The molecule has 152 valence electrons. The molecular formula is C21H22ClFN4O2. The Kier molecular flexibility index (Phi) is 5.97. The standard InChI is InChI=1S/C21H22ClFN4O2/c22-18-14-27(12-15-4-6-16(23)7-5-15)25-20(18)24-21(28)19-9-8-17(29-19)13-26-10-2-1-3-11-26/h4-9,14H,1-3,10-13H2,(H,24,25,28). The summed E-state index contributed by atoms with van der Waals surface area (Å²) in [5, 5.41) is 7.31. The Morgan fingerprint density at radius 1 is 1.10 bits per heavy atom. The molecule has 4 rings (SSSR count). The average Bonchev–Trinajstić information content (AvgIpc) is 3.31. The van der Waals surface area contributed by atoms with Crippen LogP contribution in [0.4, 0.5) is 10.2 Å². The van der Waals surface area contributed by atoms with Crippen molar-refractivity contribution >= 4 is 23.3 Å². The number of anilines is 1. The highest BCUT2D eigenvalue weighted by atomic mass is 35.5. The van der Waals surface area contributed by atoms with Crippen LogP contribution in [0.2, 0.25) is 5.02 Å². The van der Waals surface area contributed by atoms with E-state index < -0.39 is 5.91 Å². The van der Waals surface area contributed by atoms with Crippen molar-refractivity contribution in [3.8, 4) is 0 Å². The molecule has 0 atom stereocenters. The van der Waals surface area contributed by atoms with Gasteiger partial charge >= 0.3 is 0 Å². The minimum absolute atomic E-state index is 0.223. The predicted octanol–water partition coefficient (Wildman–Crippen LogP) is 4.56. The van der Waals surface area contributed by atoms with Crippen LogP contribution in [-0.4, -0.2) is 33.7 Å². The average molecular weight is 417 g/mol. The lowest BCUT2D eigenvalue weighted by molar-refractivity contribution is 0.0991. The van der Waals surface area contributed by atoms with Crippen molar-refractivity contribution in [1.82, 2.24) is 14.7 Å². The molecule has 6 nitrogen and oxygen atoms in total. The van der Waals surface area contributed by atoms with Gasteiger partial charge in [0.05, 0.1) is 13.1 Å². The van der Waals surface area contributed by atoms with Gasteiger partial charge in [0, 0.05) is 6.20 Å². The molecule has 1 aliphatic rings. The van der Waals surface area contributed by atoms with Crippen LogP contribution in [0.1, 0.15) is 41.1 Å². The third-order valence-electron chi connectivity index (χ3n) is 4.92. The van der Waals surface area contributed by atoms with Crippen LogP contribution in [0.25, 0.3) is 0 Å². The minimum atomic E-state index is -0.399. The lowest BCUT2D eigenvalue weighted by atomic mass is 10.1. The minimum Gasteiger partial charge on any atom is -0.455 e. The molecule has 0 radical (unpaired) electrons. The highest BCUT2D eigenvalue weighted by Crippen LogP contribution is 2.22. The maximum absolute atomic E-state index is 13.0. The molecule has 1 amide bonds. The number of hydrogen-bond donors (Lipinski definition) is 1. The highest BCUT2D eigenvalue weighted by Gasteiger charge is 2.17. The number of rotatable bonds is 6. The molecule has 0 unspecified atom stereocenters. The number of aromatic nitrogens is 2. The van der Waals surface area contributed by atoms with Gasteiger partial charge in [-0.1, -0.05) is 30.2 Å². The van der Waals surface area contributed by atoms with Crippen LogP contribution in [-0.2, 0) is 13.1 Å². The Balaban J connectivity index is 1.38. The number of furan rings is 1. The van der Waals surface area contributed by atoms with Crippen LogP contribution in [0, 0.1) is 5.82 Å². The molecule has 1 aliphatic heterocycles. The first-order valence-corrected chi connectivity index (χ1v) is 10.0. The second-order valence-electron chi connectivity index (χ2n) is 7.21. The van der Waals surface area contributed by atoms with Crippen molar-refractivity contribution in [3.63, 3.8) is 0 Å². The monoisotopic (exact) mass is 416 g/mol. The van der Waals surface area contributed by atoms with E-state index in [0.29, 0.717) is 18.1 Å². The molecule has 1 saturated heterocycles. The first-order chi connectivity index (χ1) is 14.1. The lowest BCUT2D eigenvalue weighted by Crippen LogP contribution is -2.28. The molecule has 1 aromatic carbocycles. The quantitative estimate of drug-likeness (QED) is 0.640. The zero-order valence-electron chi connectivity index (χ0n) is 15.9. The molecule has 8 heteroatoms. The van der Waals surface area contributed by atoms with E-state index in [1.165, 1.54) is 31.4 Å². The van der Waals surface area contributed by atoms with E-state index in [4.69, 9.17) is 16.0 Å². The summed E-state index contributed by atoms with van der Waals surface area (Å²) in [7, 11) is 0. The van der Waals surface area contributed by atoms with Gasteiger partial charge in [0.2, 0.25) is 0 Å². The number of carbonyl (C=O) groups is 1. The van der Waals surface area contributed by atoms with E-state index in [0.717, 1.165) is 24.4 Å². The number of amides is 1. The van der Waals surface area contributed by atoms with E-state index >= 15 is 0 Å². The fourth-order valence-corrected chi connectivity index (χ4v) is 3.63. The zero-order valence-corrected chi connectivity index (χ0v) is 16.7. The van der Waals surface area contributed by atoms with Gasteiger partial charge in [-0.25, -0.2) is 4.39 Å². The maximum atomic E-state index is 13.0. The summed E-state index contributed by atoms with van der Waals surface area (Å²) in [6, 6.07) is 9.63. The molecule has 0 aliphatic carbocycles. The largest absolute Gasteiger partial charge is 0.455 e. The number of benzene rings is 1. The third kappa shape index (κ3) is 5.05. The maximum Gasteiger partial charge on any atom is 0.292 e. The Morgan fingerprint density at radius 2 is 1.86 bits per heavy atom. The van der Waals surface area contributed by atoms with Crippen molar-refractivity contribution in [2.24, 2.45) is 0 Å². The number of piperidine rings is 1. The van der Waals surface area contributed by atoms with E-state index in [1.807, 2.05) is 6.07 Å². The predicted molar refractivity (Wildman–Crippen MR) is 109 cm³/mol. The number of carbonyl (C=O) groups excluding carboxylic acids is 1. The van der Waals surface area contributed by atoms with Crippen LogP contribution in [0.3, 0.4) is 0 Å². The summed E-state index contributed by atoms with van der Waals surface area (Å²) >= 11 is 6.21. The Bertz CT molecular complexity index is 977. The highest BCUT2D eigenvalue weighted by molar-refractivity contribution is 6.33. The summed E-state index contributed by atoms with van der Waals surface area (Å²) in [6.45, 7) is 3.24. The molecule has 1 fully saturated rings. The molecule has 3 aromatic rings. The lowest BCUT2D eigenvalue weighted by Gasteiger charge is -2.25. The second-order valence-corrected chi connectivity index (χ2v) is 7.61. The van der Waals surface area contributed by atoms with Crippen LogP contribution in [0.15, 0.2) is 47.0 Å².